The number of morpholine rings is 1. The van der Waals surface area contributed by atoms with E-state index < -0.39 is 18.3 Å². The van der Waals surface area contributed by atoms with Crippen LogP contribution in [0.4, 0.5) is 13.2 Å². The molecule has 144 valence electrons. The van der Waals surface area contributed by atoms with Crippen LogP contribution in [-0.4, -0.2) is 91.3 Å². The van der Waals surface area contributed by atoms with Gasteiger partial charge in [0.15, 0.2) is 0 Å². The molecule has 2 aliphatic heterocycles. The monoisotopic (exact) mass is 363 g/mol. The molecule has 2 saturated heterocycles. The Morgan fingerprint density at radius 3 is 2.08 bits per heavy atom. The third kappa shape index (κ3) is 4.46. The third-order valence-electron chi connectivity index (χ3n) is 5.76. The first-order chi connectivity index (χ1) is 11.9. The van der Waals surface area contributed by atoms with E-state index in [-0.39, 0.29) is 5.91 Å². The van der Waals surface area contributed by atoms with Crippen LogP contribution in [0.25, 0.3) is 0 Å². The number of nitrogens with zero attached hydrogens (tertiary/aromatic N) is 3. The van der Waals surface area contributed by atoms with E-state index in [4.69, 9.17) is 4.74 Å². The maximum atomic E-state index is 13.4. The van der Waals surface area contributed by atoms with Crippen LogP contribution in [0.2, 0.25) is 0 Å². The SMILES string of the molecule is O=C(N1CCN(CC(F)(F)F)CC1)C1(N2CCOCC2)CCCCC1. The molecule has 1 amide bonds. The summed E-state index contributed by atoms with van der Waals surface area (Å²) in [6, 6.07) is 0. The zero-order valence-electron chi connectivity index (χ0n) is 14.7. The summed E-state index contributed by atoms with van der Waals surface area (Å²) in [6.45, 7) is 3.31. The minimum atomic E-state index is -4.18. The first-order valence-electron chi connectivity index (χ1n) is 9.32. The van der Waals surface area contributed by atoms with Crippen molar-refractivity contribution in [2.45, 2.75) is 43.8 Å². The Kier molecular flexibility index (Phi) is 5.90. The molecular weight excluding hydrogens is 335 g/mol. The second kappa shape index (κ2) is 7.80. The molecule has 0 bridgehead atoms. The molecule has 0 radical (unpaired) electrons. The van der Waals surface area contributed by atoms with Crippen LogP contribution in [0.15, 0.2) is 0 Å². The zero-order chi connectivity index (χ0) is 17.9. The molecule has 0 atom stereocenters. The fraction of sp³-hybridized carbons (Fsp3) is 0.941. The first kappa shape index (κ1) is 18.9. The van der Waals surface area contributed by atoms with Crippen LogP contribution in [0, 0.1) is 0 Å². The largest absolute Gasteiger partial charge is 0.401 e. The Hall–Kier alpha value is -0.860. The summed E-state index contributed by atoms with van der Waals surface area (Å²) in [5, 5.41) is 0. The average molecular weight is 363 g/mol. The predicted octanol–water partition coefficient (Wildman–Crippen LogP) is 1.73. The van der Waals surface area contributed by atoms with E-state index >= 15 is 0 Å². The van der Waals surface area contributed by atoms with Crippen molar-refractivity contribution in [3.05, 3.63) is 0 Å². The molecule has 0 aromatic rings. The number of piperazine rings is 1. The standard InChI is InChI=1S/C17H28F3N3O2/c18-17(19,20)14-21-6-8-22(9-7-21)15(24)16(4-2-1-3-5-16)23-10-12-25-13-11-23/h1-14H2. The molecule has 0 unspecified atom stereocenters. The maximum absolute atomic E-state index is 13.4. The highest BCUT2D eigenvalue weighted by molar-refractivity contribution is 5.86. The minimum absolute atomic E-state index is 0.126. The molecule has 0 spiro atoms. The summed E-state index contributed by atoms with van der Waals surface area (Å²) < 4.78 is 43.1. The van der Waals surface area contributed by atoms with Crippen LogP contribution in [0.5, 0.6) is 0 Å². The number of amides is 1. The van der Waals surface area contributed by atoms with Gasteiger partial charge in [0.05, 0.1) is 19.8 Å². The number of carbonyl (C=O) groups excluding carboxylic acids is 1. The van der Waals surface area contributed by atoms with E-state index in [1.807, 2.05) is 0 Å². The van der Waals surface area contributed by atoms with Gasteiger partial charge >= 0.3 is 6.18 Å². The Labute approximate surface area is 147 Å². The van der Waals surface area contributed by atoms with Crippen LogP contribution in [0.3, 0.4) is 0 Å². The first-order valence-corrected chi connectivity index (χ1v) is 9.32. The van der Waals surface area contributed by atoms with Gasteiger partial charge in [-0.15, -0.1) is 0 Å². The molecule has 1 aliphatic carbocycles. The van der Waals surface area contributed by atoms with Crippen molar-refractivity contribution >= 4 is 5.91 Å². The van der Waals surface area contributed by atoms with Crippen molar-refractivity contribution in [1.82, 2.24) is 14.7 Å². The predicted molar refractivity (Wildman–Crippen MR) is 87.3 cm³/mol. The number of rotatable bonds is 3. The second-order valence-electron chi connectivity index (χ2n) is 7.38. The van der Waals surface area contributed by atoms with E-state index in [0.717, 1.165) is 45.2 Å². The Morgan fingerprint density at radius 1 is 0.920 bits per heavy atom. The Morgan fingerprint density at radius 2 is 1.52 bits per heavy atom. The highest BCUT2D eigenvalue weighted by Crippen LogP contribution is 2.36. The molecule has 3 rings (SSSR count). The number of carbonyl (C=O) groups is 1. The van der Waals surface area contributed by atoms with E-state index in [2.05, 4.69) is 4.90 Å². The van der Waals surface area contributed by atoms with Crippen LogP contribution >= 0.6 is 0 Å². The number of alkyl halides is 3. The normalized spacial score (nSPS) is 26.6. The summed E-state index contributed by atoms with van der Waals surface area (Å²) in [5.74, 6) is 0.126. The highest BCUT2D eigenvalue weighted by atomic mass is 19.4. The molecule has 1 saturated carbocycles. The van der Waals surface area contributed by atoms with Crippen molar-refractivity contribution in [3.63, 3.8) is 0 Å². The Bertz CT molecular complexity index is 453. The van der Waals surface area contributed by atoms with E-state index in [1.165, 1.54) is 4.90 Å². The van der Waals surface area contributed by atoms with Crippen molar-refractivity contribution in [3.8, 4) is 0 Å². The van der Waals surface area contributed by atoms with Crippen LogP contribution in [-0.2, 0) is 9.53 Å². The molecule has 0 aromatic heterocycles. The van der Waals surface area contributed by atoms with Gasteiger partial charge in [-0.3, -0.25) is 14.6 Å². The van der Waals surface area contributed by atoms with Crippen molar-refractivity contribution in [2.75, 3.05) is 59.0 Å². The lowest BCUT2D eigenvalue weighted by Crippen LogP contribution is -2.65. The fourth-order valence-corrected chi connectivity index (χ4v) is 4.45. The van der Waals surface area contributed by atoms with Gasteiger partial charge in [-0.25, -0.2) is 0 Å². The van der Waals surface area contributed by atoms with E-state index in [9.17, 15) is 18.0 Å². The van der Waals surface area contributed by atoms with Gasteiger partial charge in [-0.2, -0.15) is 13.2 Å². The average Bonchev–Trinajstić information content (AvgIpc) is 2.62. The van der Waals surface area contributed by atoms with Gasteiger partial charge in [0, 0.05) is 39.3 Å². The highest BCUT2D eigenvalue weighted by Gasteiger charge is 2.47. The van der Waals surface area contributed by atoms with Gasteiger partial charge in [0.2, 0.25) is 5.91 Å². The van der Waals surface area contributed by atoms with Crippen molar-refractivity contribution in [1.29, 1.82) is 0 Å². The summed E-state index contributed by atoms with van der Waals surface area (Å²) in [4.78, 5) is 18.8. The summed E-state index contributed by atoms with van der Waals surface area (Å²) in [7, 11) is 0. The number of hydrogen-bond acceptors (Lipinski definition) is 4. The number of ether oxygens (including phenoxy) is 1. The number of halogens is 3. The van der Waals surface area contributed by atoms with Gasteiger partial charge in [-0.05, 0) is 12.8 Å². The lowest BCUT2D eigenvalue weighted by atomic mass is 9.78. The van der Waals surface area contributed by atoms with Gasteiger partial charge in [0.25, 0.3) is 0 Å². The van der Waals surface area contributed by atoms with Gasteiger partial charge in [0.1, 0.15) is 5.54 Å². The minimum Gasteiger partial charge on any atom is -0.379 e. The molecule has 25 heavy (non-hydrogen) atoms. The molecule has 5 nitrogen and oxygen atoms in total. The maximum Gasteiger partial charge on any atom is 0.401 e. The molecular formula is C17H28F3N3O2. The lowest BCUT2D eigenvalue weighted by Gasteiger charge is -2.49. The molecule has 3 fully saturated rings. The summed E-state index contributed by atoms with van der Waals surface area (Å²) in [5.41, 5.74) is -0.464. The second-order valence-corrected chi connectivity index (χ2v) is 7.38. The Balaban J connectivity index is 1.65. The molecule has 8 heteroatoms. The smallest absolute Gasteiger partial charge is 0.379 e. The van der Waals surface area contributed by atoms with E-state index in [1.54, 1.807) is 4.90 Å². The van der Waals surface area contributed by atoms with Crippen LogP contribution in [0.1, 0.15) is 32.1 Å². The lowest BCUT2D eigenvalue weighted by molar-refractivity contribution is -0.159. The molecule has 0 aromatic carbocycles. The summed E-state index contributed by atoms with van der Waals surface area (Å²) >= 11 is 0. The van der Waals surface area contributed by atoms with Crippen LogP contribution < -0.4 is 0 Å². The molecule has 3 aliphatic rings. The van der Waals surface area contributed by atoms with E-state index in [0.29, 0.717) is 39.4 Å². The van der Waals surface area contributed by atoms with Crippen molar-refractivity contribution < 1.29 is 22.7 Å². The van der Waals surface area contributed by atoms with Crippen molar-refractivity contribution in [2.24, 2.45) is 0 Å². The zero-order valence-corrected chi connectivity index (χ0v) is 14.7. The van der Waals surface area contributed by atoms with Gasteiger partial charge in [-0.1, -0.05) is 19.3 Å². The number of hydrogen-bond donors (Lipinski definition) is 0. The third-order valence-corrected chi connectivity index (χ3v) is 5.76. The topological polar surface area (TPSA) is 36.0 Å². The quantitative estimate of drug-likeness (QED) is 0.765. The molecule has 0 N–H and O–H groups in total. The summed E-state index contributed by atoms with van der Waals surface area (Å²) in [6.07, 6.45) is 0.765. The van der Waals surface area contributed by atoms with Gasteiger partial charge < -0.3 is 9.64 Å². The molecule has 2 heterocycles. The fourth-order valence-electron chi connectivity index (χ4n) is 4.45.